The van der Waals surface area contributed by atoms with Crippen LogP contribution in [0.2, 0.25) is 0 Å². The van der Waals surface area contributed by atoms with Crippen LogP contribution >= 0.6 is 0 Å². The summed E-state index contributed by atoms with van der Waals surface area (Å²) in [6.07, 6.45) is 0.123. The molecule has 186 valence electrons. The van der Waals surface area contributed by atoms with Crippen LogP contribution in [0.1, 0.15) is 44.0 Å². The minimum atomic E-state index is -1.66. The Morgan fingerprint density at radius 3 is 2.60 bits per heavy atom. The summed E-state index contributed by atoms with van der Waals surface area (Å²) in [6, 6.07) is 6.13. The molecule has 0 aliphatic carbocycles. The van der Waals surface area contributed by atoms with Crippen molar-refractivity contribution in [1.29, 1.82) is 0 Å². The zero-order chi connectivity index (χ0) is 25.3. The van der Waals surface area contributed by atoms with Crippen molar-refractivity contribution in [3.8, 4) is 0 Å². The van der Waals surface area contributed by atoms with Crippen LogP contribution in [0.4, 0.5) is 10.5 Å². The highest BCUT2D eigenvalue weighted by molar-refractivity contribution is 6.15. The maximum Gasteiger partial charge on any atom is 0.354 e. The number of benzene rings is 1. The van der Waals surface area contributed by atoms with E-state index in [2.05, 4.69) is 10.6 Å². The van der Waals surface area contributed by atoms with E-state index in [0.29, 0.717) is 11.3 Å². The van der Waals surface area contributed by atoms with Gasteiger partial charge < -0.3 is 25.0 Å². The molecule has 4 amide bonds. The number of rotatable bonds is 7. The van der Waals surface area contributed by atoms with Crippen LogP contribution in [0.15, 0.2) is 35.5 Å². The van der Waals surface area contributed by atoms with Crippen LogP contribution in [0.5, 0.6) is 0 Å². The highest BCUT2D eigenvalue weighted by Crippen LogP contribution is 2.45. The Labute approximate surface area is 202 Å². The smallest absolute Gasteiger partial charge is 0.354 e. The van der Waals surface area contributed by atoms with Crippen molar-refractivity contribution in [3.05, 3.63) is 41.1 Å². The number of hydrogen-bond acceptors (Lipinski definition) is 7. The van der Waals surface area contributed by atoms with Gasteiger partial charge in [0, 0.05) is 19.4 Å². The van der Waals surface area contributed by atoms with E-state index in [4.69, 9.17) is 9.47 Å². The zero-order valence-corrected chi connectivity index (χ0v) is 19.9. The van der Waals surface area contributed by atoms with Gasteiger partial charge in [-0.05, 0) is 25.0 Å². The molecule has 1 aromatic carbocycles. The maximum atomic E-state index is 13.7. The normalized spacial score (nSPS) is 21.4. The molecule has 3 heterocycles. The Hall–Kier alpha value is -3.89. The molecule has 4 rings (SSSR count). The van der Waals surface area contributed by atoms with Gasteiger partial charge >= 0.3 is 18.0 Å². The molecule has 0 aromatic heterocycles. The minimum absolute atomic E-state index is 0.00766. The summed E-state index contributed by atoms with van der Waals surface area (Å²) in [5.41, 5.74) is -0.747. The highest BCUT2D eigenvalue weighted by atomic mass is 16.5. The van der Waals surface area contributed by atoms with Crippen LogP contribution in [0.25, 0.3) is 0 Å². The Kier molecular flexibility index (Phi) is 6.51. The van der Waals surface area contributed by atoms with Gasteiger partial charge in [0.25, 0.3) is 5.91 Å². The van der Waals surface area contributed by atoms with Crippen LogP contribution in [0.3, 0.4) is 0 Å². The van der Waals surface area contributed by atoms with E-state index in [9.17, 15) is 24.0 Å². The molecule has 0 bridgehead atoms. The first kappa shape index (κ1) is 24.2. The number of esters is 2. The van der Waals surface area contributed by atoms with Crippen molar-refractivity contribution in [2.75, 3.05) is 31.2 Å². The van der Waals surface area contributed by atoms with Crippen molar-refractivity contribution in [2.45, 2.75) is 39.3 Å². The average Bonchev–Trinajstić information content (AvgIpc) is 3.18. The number of carbonyl (C=O) groups excluding carboxylic acids is 5. The van der Waals surface area contributed by atoms with Gasteiger partial charge in [-0.2, -0.15) is 0 Å². The second-order valence-corrected chi connectivity index (χ2v) is 8.93. The molecule has 3 aliphatic rings. The number of fused-ring (bicyclic) bond motifs is 3. The number of carbonyl (C=O) groups is 5. The monoisotopic (exact) mass is 484 g/mol. The van der Waals surface area contributed by atoms with Crippen molar-refractivity contribution < 1.29 is 33.4 Å². The van der Waals surface area contributed by atoms with Gasteiger partial charge in [0.05, 0.1) is 35.7 Å². The average molecular weight is 485 g/mol. The number of nitrogens with zero attached hydrogens (tertiary/aromatic N) is 2. The van der Waals surface area contributed by atoms with Crippen molar-refractivity contribution in [1.82, 2.24) is 15.5 Å². The summed E-state index contributed by atoms with van der Waals surface area (Å²) in [4.78, 5) is 67.2. The first-order valence-electron chi connectivity index (χ1n) is 11.6. The zero-order valence-electron chi connectivity index (χ0n) is 19.9. The van der Waals surface area contributed by atoms with E-state index in [0.717, 1.165) is 0 Å². The molecule has 3 aliphatic heterocycles. The van der Waals surface area contributed by atoms with E-state index >= 15 is 0 Å². The highest BCUT2D eigenvalue weighted by Gasteiger charge is 2.62. The maximum absolute atomic E-state index is 13.7. The van der Waals surface area contributed by atoms with Gasteiger partial charge in [0.15, 0.2) is 0 Å². The fourth-order valence-electron chi connectivity index (χ4n) is 4.69. The Balaban J connectivity index is 1.71. The minimum Gasteiger partial charge on any atom is -0.463 e. The molecule has 0 saturated carbocycles. The van der Waals surface area contributed by atoms with Crippen LogP contribution in [0, 0.1) is 5.92 Å². The van der Waals surface area contributed by atoms with E-state index in [-0.39, 0.29) is 61.5 Å². The topological polar surface area (TPSA) is 134 Å². The Bertz CT molecular complexity index is 1130. The van der Waals surface area contributed by atoms with Gasteiger partial charge in [0.1, 0.15) is 6.61 Å². The lowest BCUT2D eigenvalue weighted by atomic mass is 9.95. The number of urea groups is 1. The fraction of sp³-hybridized carbons (Fsp3) is 0.458. The fourth-order valence-corrected chi connectivity index (χ4v) is 4.69. The number of anilines is 1. The number of para-hydroxylation sites is 1. The summed E-state index contributed by atoms with van der Waals surface area (Å²) >= 11 is 0. The van der Waals surface area contributed by atoms with E-state index in [1.54, 1.807) is 31.2 Å². The molecule has 0 radical (unpaired) electrons. The van der Waals surface area contributed by atoms with Gasteiger partial charge in [-0.1, -0.05) is 26.0 Å². The van der Waals surface area contributed by atoms with E-state index < -0.39 is 30.2 Å². The van der Waals surface area contributed by atoms with Crippen LogP contribution in [-0.2, 0) is 23.9 Å². The van der Waals surface area contributed by atoms with E-state index in [1.807, 2.05) is 13.8 Å². The number of hydrogen-bond donors (Lipinski definition) is 2. The van der Waals surface area contributed by atoms with Gasteiger partial charge in [-0.25, -0.2) is 14.4 Å². The largest absolute Gasteiger partial charge is 0.463 e. The third-order valence-electron chi connectivity index (χ3n) is 6.17. The summed E-state index contributed by atoms with van der Waals surface area (Å²) in [6.45, 7) is 5.32. The quantitative estimate of drug-likeness (QED) is 0.557. The Morgan fingerprint density at radius 1 is 1.14 bits per heavy atom. The summed E-state index contributed by atoms with van der Waals surface area (Å²) in [5, 5.41) is 4.97. The van der Waals surface area contributed by atoms with Crippen molar-refractivity contribution in [3.63, 3.8) is 0 Å². The number of ether oxygens (including phenoxy) is 2. The van der Waals surface area contributed by atoms with Crippen LogP contribution < -0.4 is 15.5 Å². The lowest BCUT2D eigenvalue weighted by Gasteiger charge is -2.49. The van der Waals surface area contributed by atoms with Gasteiger partial charge in [-0.3, -0.25) is 14.5 Å². The molecule has 35 heavy (non-hydrogen) atoms. The lowest BCUT2D eigenvalue weighted by Crippen LogP contribution is -2.69. The summed E-state index contributed by atoms with van der Waals surface area (Å²) < 4.78 is 10.7. The Morgan fingerprint density at radius 2 is 1.89 bits per heavy atom. The number of nitrogens with one attached hydrogen (secondary N) is 2. The summed E-state index contributed by atoms with van der Waals surface area (Å²) in [7, 11) is 0. The predicted molar refractivity (Wildman–Crippen MR) is 123 cm³/mol. The molecule has 1 atom stereocenters. The first-order chi connectivity index (χ1) is 16.7. The molecule has 2 N–H and O–H groups in total. The standard InChI is InChI=1S/C24H28N4O7/c1-4-34-21(31)16-11-25-23(33)26-17(16)13-35-22(32)24-10-9-19(29)28(24)18-8-6-5-7-15(18)20(30)27(24)12-14(2)3/h5-8,14H,4,9-13H2,1-3H3,(H2,25,26,33). The predicted octanol–water partition coefficient (Wildman–Crippen LogP) is 1.29. The second-order valence-electron chi connectivity index (χ2n) is 8.93. The van der Waals surface area contributed by atoms with Gasteiger partial charge in [-0.15, -0.1) is 0 Å². The molecule has 0 spiro atoms. The van der Waals surface area contributed by atoms with Crippen molar-refractivity contribution >= 4 is 35.5 Å². The summed E-state index contributed by atoms with van der Waals surface area (Å²) in [5.74, 6) is -2.11. The molecule has 1 aromatic rings. The lowest BCUT2D eigenvalue weighted by molar-refractivity contribution is -0.156. The first-order valence-corrected chi connectivity index (χ1v) is 11.6. The second kappa shape index (κ2) is 9.40. The van der Waals surface area contributed by atoms with Crippen molar-refractivity contribution in [2.24, 2.45) is 5.92 Å². The SMILES string of the molecule is CCOC(=O)C1=C(COC(=O)C23CCC(=O)N2c2ccccc2C(=O)N3CC(C)C)NC(=O)NC1. The number of amides is 4. The molecule has 1 fully saturated rings. The van der Waals surface area contributed by atoms with Crippen LogP contribution in [-0.4, -0.2) is 66.7 Å². The molecule has 11 nitrogen and oxygen atoms in total. The molecule has 11 heteroatoms. The molecular weight excluding hydrogens is 456 g/mol. The van der Waals surface area contributed by atoms with E-state index in [1.165, 1.54) is 9.80 Å². The van der Waals surface area contributed by atoms with Gasteiger partial charge in [0.2, 0.25) is 11.6 Å². The molecule has 1 unspecified atom stereocenters. The molecular formula is C24H28N4O7. The third-order valence-corrected chi connectivity index (χ3v) is 6.17. The third kappa shape index (κ3) is 4.11. The molecule has 1 saturated heterocycles.